The van der Waals surface area contributed by atoms with E-state index in [0.29, 0.717) is 11.0 Å². The van der Waals surface area contributed by atoms with Gasteiger partial charge in [0.1, 0.15) is 5.01 Å². The standard InChI is InChI=1S/C19H25ClN4O3S2/c1-12(2)24(3)29(26,27)14-9-10-16(20)15(11-14)17(25)21-19-23-22-18(28-19)13-7-5-4-6-8-13/h9-13H,4-8H2,1-3H3,(H,21,23,25). The van der Waals surface area contributed by atoms with E-state index in [0.717, 1.165) is 17.8 Å². The summed E-state index contributed by atoms with van der Waals surface area (Å²) in [5.41, 5.74) is 0.0827. The van der Waals surface area contributed by atoms with Crippen molar-refractivity contribution in [3.63, 3.8) is 0 Å². The van der Waals surface area contributed by atoms with E-state index in [9.17, 15) is 13.2 Å². The number of anilines is 1. The van der Waals surface area contributed by atoms with Crippen LogP contribution in [0.25, 0.3) is 0 Å². The van der Waals surface area contributed by atoms with Gasteiger partial charge in [-0.2, -0.15) is 4.31 Å². The van der Waals surface area contributed by atoms with Gasteiger partial charge in [-0.25, -0.2) is 8.42 Å². The molecule has 1 fully saturated rings. The van der Waals surface area contributed by atoms with Crippen LogP contribution in [0.2, 0.25) is 5.02 Å². The summed E-state index contributed by atoms with van der Waals surface area (Å²) in [5, 5.41) is 12.5. The molecule has 3 rings (SSSR count). The fraction of sp³-hybridized carbons (Fsp3) is 0.526. The minimum absolute atomic E-state index is 0.0170. The molecule has 0 spiro atoms. The van der Waals surface area contributed by atoms with Gasteiger partial charge in [-0.05, 0) is 44.9 Å². The van der Waals surface area contributed by atoms with Crippen molar-refractivity contribution in [3.05, 3.63) is 33.8 Å². The van der Waals surface area contributed by atoms with Crippen molar-refractivity contribution in [3.8, 4) is 0 Å². The van der Waals surface area contributed by atoms with Crippen LogP contribution in [0.4, 0.5) is 5.13 Å². The van der Waals surface area contributed by atoms with Gasteiger partial charge in [0.25, 0.3) is 5.91 Å². The van der Waals surface area contributed by atoms with E-state index < -0.39 is 15.9 Å². The Morgan fingerprint density at radius 2 is 1.93 bits per heavy atom. The van der Waals surface area contributed by atoms with Crippen LogP contribution in [0.15, 0.2) is 23.1 Å². The van der Waals surface area contributed by atoms with Gasteiger partial charge in [-0.3, -0.25) is 10.1 Å². The third kappa shape index (κ3) is 4.96. The highest BCUT2D eigenvalue weighted by molar-refractivity contribution is 7.89. The van der Waals surface area contributed by atoms with Crippen LogP contribution in [0, 0.1) is 0 Å². The first kappa shape index (κ1) is 22.1. The molecular weight excluding hydrogens is 432 g/mol. The van der Waals surface area contributed by atoms with Crippen LogP contribution in [-0.4, -0.2) is 41.9 Å². The van der Waals surface area contributed by atoms with E-state index in [1.54, 1.807) is 13.8 Å². The summed E-state index contributed by atoms with van der Waals surface area (Å²) in [6.45, 7) is 3.56. The number of sulfonamides is 1. The van der Waals surface area contributed by atoms with E-state index in [-0.39, 0.29) is 21.5 Å². The molecule has 1 aliphatic carbocycles. The van der Waals surface area contributed by atoms with E-state index in [2.05, 4.69) is 15.5 Å². The number of rotatable bonds is 6. The van der Waals surface area contributed by atoms with Gasteiger partial charge >= 0.3 is 0 Å². The van der Waals surface area contributed by atoms with Gasteiger partial charge in [0.15, 0.2) is 0 Å². The van der Waals surface area contributed by atoms with Crippen molar-refractivity contribution in [1.29, 1.82) is 0 Å². The molecule has 0 bridgehead atoms. The number of nitrogens with one attached hydrogen (secondary N) is 1. The lowest BCUT2D eigenvalue weighted by molar-refractivity contribution is 0.102. The maximum atomic E-state index is 12.7. The lowest BCUT2D eigenvalue weighted by Gasteiger charge is -2.21. The summed E-state index contributed by atoms with van der Waals surface area (Å²) in [7, 11) is -2.22. The number of hydrogen-bond acceptors (Lipinski definition) is 6. The Morgan fingerprint density at radius 3 is 2.59 bits per heavy atom. The second-order valence-corrected chi connectivity index (χ2v) is 10.9. The Kier molecular flexibility index (Phi) is 6.93. The number of amides is 1. The van der Waals surface area contributed by atoms with Crippen molar-refractivity contribution in [2.45, 2.75) is 62.8 Å². The molecule has 158 valence electrons. The van der Waals surface area contributed by atoms with Crippen molar-refractivity contribution >= 4 is 44.0 Å². The average molecular weight is 457 g/mol. The second kappa shape index (κ2) is 9.07. The van der Waals surface area contributed by atoms with Crippen LogP contribution < -0.4 is 5.32 Å². The van der Waals surface area contributed by atoms with Crippen molar-refractivity contribution in [1.82, 2.24) is 14.5 Å². The Labute approximate surface area is 180 Å². The minimum atomic E-state index is -3.72. The summed E-state index contributed by atoms with van der Waals surface area (Å²) in [6.07, 6.45) is 5.82. The molecule has 1 saturated carbocycles. The van der Waals surface area contributed by atoms with Crippen molar-refractivity contribution < 1.29 is 13.2 Å². The first-order valence-electron chi connectivity index (χ1n) is 9.62. The molecule has 1 heterocycles. The molecule has 1 aromatic carbocycles. The zero-order chi connectivity index (χ0) is 21.2. The SMILES string of the molecule is CC(C)N(C)S(=O)(=O)c1ccc(Cl)c(C(=O)Nc2nnc(C3CCCCC3)s2)c1. The van der Waals surface area contributed by atoms with Gasteiger partial charge in [-0.15, -0.1) is 10.2 Å². The molecule has 1 N–H and O–H groups in total. The number of nitrogens with zero attached hydrogens (tertiary/aromatic N) is 3. The minimum Gasteiger partial charge on any atom is -0.296 e. The van der Waals surface area contributed by atoms with Crippen molar-refractivity contribution in [2.75, 3.05) is 12.4 Å². The first-order valence-corrected chi connectivity index (χ1v) is 12.3. The topological polar surface area (TPSA) is 92.3 Å². The fourth-order valence-electron chi connectivity index (χ4n) is 3.25. The summed E-state index contributed by atoms with van der Waals surface area (Å²) in [4.78, 5) is 12.8. The number of carbonyl (C=O) groups excluding carboxylic acids is 1. The Bertz CT molecular complexity index is 985. The molecule has 1 aromatic heterocycles. The molecule has 2 aromatic rings. The van der Waals surface area contributed by atoms with Crippen LogP contribution in [0.1, 0.15) is 67.2 Å². The molecule has 0 atom stereocenters. The molecule has 10 heteroatoms. The van der Waals surface area contributed by atoms with E-state index in [1.165, 1.54) is 60.2 Å². The normalized spacial score (nSPS) is 15.8. The number of hydrogen-bond donors (Lipinski definition) is 1. The summed E-state index contributed by atoms with van der Waals surface area (Å²) >= 11 is 7.54. The van der Waals surface area contributed by atoms with Crippen molar-refractivity contribution in [2.24, 2.45) is 0 Å². The molecular formula is C19H25ClN4O3S2. The molecule has 0 unspecified atom stereocenters. The zero-order valence-electron chi connectivity index (χ0n) is 16.7. The quantitative estimate of drug-likeness (QED) is 0.689. The number of aromatic nitrogens is 2. The van der Waals surface area contributed by atoms with Crippen LogP contribution in [0.5, 0.6) is 0 Å². The Morgan fingerprint density at radius 1 is 1.24 bits per heavy atom. The molecule has 0 radical (unpaired) electrons. The number of carbonyl (C=O) groups is 1. The summed E-state index contributed by atoms with van der Waals surface area (Å²) in [6, 6.07) is 3.91. The van der Waals surface area contributed by atoms with E-state index in [1.807, 2.05) is 0 Å². The Balaban J connectivity index is 1.80. The van der Waals surface area contributed by atoms with Crippen LogP contribution >= 0.6 is 22.9 Å². The molecule has 1 amide bonds. The van der Waals surface area contributed by atoms with Gasteiger partial charge in [0.2, 0.25) is 15.2 Å². The highest BCUT2D eigenvalue weighted by Gasteiger charge is 2.26. The number of halogens is 1. The van der Waals surface area contributed by atoms with Gasteiger partial charge in [0, 0.05) is 19.0 Å². The number of benzene rings is 1. The molecule has 0 saturated heterocycles. The average Bonchev–Trinajstić information content (AvgIpc) is 3.16. The molecule has 1 aliphatic rings. The lowest BCUT2D eigenvalue weighted by atomic mass is 9.90. The smallest absolute Gasteiger partial charge is 0.259 e. The Hall–Kier alpha value is -1.55. The summed E-state index contributed by atoms with van der Waals surface area (Å²) < 4.78 is 26.7. The second-order valence-electron chi connectivity index (χ2n) is 7.49. The predicted molar refractivity (Wildman–Crippen MR) is 115 cm³/mol. The zero-order valence-corrected chi connectivity index (χ0v) is 19.1. The first-order chi connectivity index (χ1) is 13.7. The van der Waals surface area contributed by atoms with Gasteiger partial charge in [0.05, 0.1) is 15.5 Å². The maximum Gasteiger partial charge on any atom is 0.259 e. The van der Waals surface area contributed by atoms with Gasteiger partial charge < -0.3 is 0 Å². The molecule has 29 heavy (non-hydrogen) atoms. The highest BCUT2D eigenvalue weighted by atomic mass is 35.5. The van der Waals surface area contributed by atoms with Gasteiger partial charge in [-0.1, -0.05) is 42.2 Å². The van der Waals surface area contributed by atoms with E-state index in [4.69, 9.17) is 11.6 Å². The predicted octanol–water partition coefficient (Wildman–Crippen LogP) is 4.52. The lowest BCUT2D eigenvalue weighted by Crippen LogP contribution is -2.33. The third-order valence-electron chi connectivity index (χ3n) is 5.20. The monoisotopic (exact) mass is 456 g/mol. The highest BCUT2D eigenvalue weighted by Crippen LogP contribution is 2.35. The fourth-order valence-corrected chi connectivity index (χ4v) is 5.75. The largest absolute Gasteiger partial charge is 0.296 e. The van der Waals surface area contributed by atoms with Crippen LogP contribution in [-0.2, 0) is 10.0 Å². The summed E-state index contributed by atoms with van der Waals surface area (Å²) in [5.74, 6) is -0.110. The third-order valence-corrected chi connectivity index (χ3v) is 8.56. The molecule has 7 nitrogen and oxygen atoms in total. The molecule has 0 aliphatic heterocycles. The van der Waals surface area contributed by atoms with Crippen LogP contribution in [0.3, 0.4) is 0 Å². The van der Waals surface area contributed by atoms with E-state index >= 15 is 0 Å². The maximum absolute atomic E-state index is 12.7.